The SMILES string of the molecule is CC(C)CC(=O)NCC1CC(Nc2cc(-c3ccc4cc(C#N)cnn34)ncc2C(=O)NC[C@@H](F)C(C)(C)O)C1. The van der Waals surface area contributed by atoms with Crippen molar-refractivity contribution < 1.29 is 19.1 Å². The summed E-state index contributed by atoms with van der Waals surface area (Å²) in [5, 5.41) is 32.4. The number of hydrogen-bond donors (Lipinski definition) is 4. The maximum atomic E-state index is 14.3. The molecule has 3 aromatic heterocycles. The normalized spacial score (nSPS) is 17.6. The van der Waals surface area contributed by atoms with E-state index >= 15 is 0 Å². The molecule has 0 saturated heterocycles. The Balaban J connectivity index is 1.52. The van der Waals surface area contributed by atoms with Gasteiger partial charge in [0.15, 0.2) is 0 Å². The monoisotopic (exact) mass is 549 g/mol. The van der Waals surface area contributed by atoms with Crippen LogP contribution in [0.15, 0.2) is 36.7 Å². The number of amides is 2. The number of nitrogens with one attached hydrogen (secondary N) is 3. The summed E-state index contributed by atoms with van der Waals surface area (Å²) >= 11 is 0. The Morgan fingerprint density at radius 1 is 1.23 bits per heavy atom. The maximum Gasteiger partial charge on any atom is 0.255 e. The zero-order valence-electron chi connectivity index (χ0n) is 23.2. The first-order valence-corrected chi connectivity index (χ1v) is 13.5. The van der Waals surface area contributed by atoms with Crippen LogP contribution in [0.5, 0.6) is 0 Å². The van der Waals surface area contributed by atoms with Crippen LogP contribution in [-0.2, 0) is 4.79 Å². The summed E-state index contributed by atoms with van der Waals surface area (Å²) in [6, 6.07) is 9.32. The number of aliphatic hydroxyl groups is 1. The summed E-state index contributed by atoms with van der Waals surface area (Å²) in [6.07, 6.45) is 3.41. The molecule has 212 valence electrons. The van der Waals surface area contributed by atoms with Crippen LogP contribution in [0.3, 0.4) is 0 Å². The number of carbonyl (C=O) groups is 2. The predicted molar refractivity (Wildman–Crippen MR) is 149 cm³/mol. The van der Waals surface area contributed by atoms with Gasteiger partial charge in [0.25, 0.3) is 5.91 Å². The van der Waals surface area contributed by atoms with Gasteiger partial charge in [0.1, 0.15) is 12.2 Å². The highest BCUT2D eigenvalue weighted by molar-refractivity contribution is 6.00. The molecule has 4 rings (SSSR count). The number of nitrogens with zero attached hydrogens (tertiary/aromatic N) is 4. The van der Waals surface area contributed by atoms with Gasteiger partial charge in [-0.25, -0.2) is 8.91 Å². The fourth-order valence-corrected chi connectivity index (χ4v) is 4.62. The minimum Gasteiger partial charge on any atom is -0.387 e. The first-order chi connectivity index (χ1) is 18.9. The number of anilines is 1. The highest BCUT2D eigenvalue weighted by Crippen LogP contribution is 2.32. The molecule has 0 aromatic carbocycles. The van der Waals surface area contributed by atoms with E-state index < -0.39 is 17.7 Å². The topological polar surface area (TPSA) is 144 Å². The number of pyridine rings is 1. The van der Waals surface area contributed by atoms with Crippen LogP contribution in [0.4, 0.5) is 10.1 Å². The molecular formula is C29H36FN7O3. The molecule has 0 radical (unpaired) electrons. The molecule has 10 nitrogen and oxygen atoms in total. The number of nitriles is 1. The van der Waals surface area contributed by atoms with Gasteiger partial charge in [0, 0.05) is 25.2 Å². The average molecular weight is 550 g/mol. The Hall–Kier alpha value is -4.04. The maximum absolute atomic E-state index is 14.3. The van der Waals surface area contributed by atoms with E-state index in [1.165, 1.54) is 26.2 Å². The van der Waals surface area contributed by atoms with E-state index in [2.05, 4.69) is 32.1 Å². The summed E-state index contributed by atoms with van der Waals surface area (Å²) in [5.41, 5.74) is 1.62. The van der Waals surface area contributed by atoms with Gasteiger partial charge in [-0.2, -0.15) is 10.4 Å². The molecule has 1 aliphatic rings. The molecule has 0 spiro atoms. The van der Waals surface area contributed by atoms with Crippen molar-refractivity contribution in [3.8, 4) is 17.5 Å². The number of halogens is 1. The van der Waals surface area contributed by atoms with Crippen LogP contribution < -0.4 is 16.0 Å². The largest absolute Gasteiger partial charge is 0.387 e. The van der Waals surface area contributed by atoms with Gasteiger partial charge in [-0.15, -0.1) is 0 Å². The second-order valence-electron chi connectivity index (χ2n) is 11.4. The predicted octanol–water partition coefficient (Wildman–Crippen LogP) is 3.46. The van der Waals surface area contributed by atoms with Crippen LogP contribution >= 0.6 is 0 Å². The Bertz CT molecular complexity index is 1420. The molecule has 3 heterocycles. The number of rotatable bonds is 11. The lowest BCUT2D eigenvalue weighted by atomic mass is 9.80. The van der Waals surface area contributed by atoms with Crippen LogP contribution in [0.25, 0.3) is 16.9 Å². The minimum atomic E-state index is -1.64. The minimum absolute atomic E-state index is 0.0521. The Labute approximate surface area is 233 Å². The van der Waals surface area contributed by atoms with Crippen LogP contribution in [0.1, 0.15) is 62.9 Å². The molecule has 0 aliphatic heterocycles. The van der Waals surface area contributed by atoms with Crippen molar-refractivity contribution in [2.24, 2.45) is 11.8 Å². The first kappa shape index (κ1) is 29.0. The lowest BCUT2D eigenvalue weighted by Crippen LogP contribution is -2.43. The smallest absolute Gasteiger partial charge is 0.255 e. The van der Waals surface area contributed by atoms with E-state index in [1.807, 2.05) is 26.0 Å². The van der Waals surface area contributed by atoms with Crippen molar-refractivity contribution in [1.82, 2.24) is 25.2 Å². The van der Waals surface area contributed by atoms with Gasteiger partial charge in [-0.1, -0.05) is 13.8 Å². The average Bonchev–Trinajstić information content (AvgIpc) is 3.30. The fraction of sp³-hybridized carbons (Fsp3) is 0.483. The fourth-order valence-electron chi connectivity index (χ4n) is 4.62. The van der Waals surface area contributed by atoms with Crippen molar-refractivity contribution in [1.29, 1.82) is 5.26 Å². The van der Waals surface area contributed by atoms with Crippen molar-refractivity contribution in [3.63, 3.8) is 0 Å². The van der Waals surface area contributed by atoms with Crippen LogP contribution in [0.2, 0.25) is 0 Å². The summed E-state index contributed by atoms with van der Waals surface area (Å²) in [4.78, 5) is 29.5. The number of alkyl halides is 1. The molecule has 1 atom stereocenters. The number of hydrogen-bond acceptors (Lipinski definition) is 7. The highest BCUT2D eigenvalue weighted by atomic mass is 19.1. The molecule has 4 N–H and O–H groups in total. The molecule has 0 bridgehead atoms. The molecule has 0 unspecified atom stereocenters. The van der Waals surface area contributed by atoms with Crippen LogP contribution in [0, 0.1) is 23.2 Å². The molecule has 1 saturated carbocycles. The third kappa shape index (κ3) is 6.93. The second kappa shape index (κ2) is 12.0. The zero-order chi connectivity index (χ0) is 29.0. The number of aromatic nitrogens is 3. The van der Waals surface area contributed by atoms with Crippen molar-refractivity contribution >= 4 is 23.0 Å². The zero-order valence-corrected chi connectivity index (χ0v) is 23.2. The molecule has 40 heavy (non-hydrogen) atoms. The lowest BCUT2D eigenvalue weighted by Gasteiger charge is -2.37. The van der Waals surface area contributed by atoms with Gasteiger partial charge in [0.2, 0.25) is 5.91 Å². The van der Waals surface area contributed by atoms with E-state index in [0.717, 1.165) is 18.4 Å². The standard InChI is InChI=1S/C29H36FN7O3/c1-17(2)7-27(38)33-13-18-8-20(9-18)36-23-11-24(25-6-5-21-10-19(12-31)14-35-37(21)25)32-15-22(23)28(39)34-16-26(30)29(3,4)40/h5-6,10-11,14-15,17-18,20,26,40H,7-9,13,16H2,1-4H3,(H,32,36)(H,33,38)(H,34,39)/t18?,20?,26-/m1/s1. The van der Waals surface area contributed by atoms with Gasteiger partial charge < -0.3 is 21.1 Å². The van der Waals surface area contributed by atoms with Gasteiger partial charge in [-0.3, -0.25) is 14.6 Å². The van der Waals surface area contributed by atoms with E-state index in [9.17, 15) is 24.3 Å². The Kier molecular flexibility index (Phi) is 8.69. The quantitative estimate of drug-likeness (QED) is 0.287. The van der Waals surface area contributed by atoms with Gasteiger partial charge in [-0.05, 0) is 62.8 Å². The van der Waals surface area contributed by atoms with E-state index in [1.54, 1.807) is 16.6 Å². The van der Waals surface area contributed by atoms with Crippen molar-refractivity contribution in [2.45, 2.75) is 64.8 Å². The highest BCUT2D eigenvalue weighted by Gasteiger charge is 2.31. The second-order valence-corrected chi connectivity index (χ2v) is 11.4. The molecule has 2 amide bonds. The van der Waals surface area contributed by atoms with Crippen LogP contribution in [-0.4, -0.2) is 62.4 Å². The Morgan fingerprint density at radius 3 is 2.65 bits per heavy atom. The van der Waals surface area contributed by atoms with Gasteiger partial charge in [0.05, 0.1) is 52.1 Å². The third-order valence-corrected chi connectivity index (χ3v) is 7.03. The van der Waals surface area contributed by atoms with Gasteiger partial charge >= 0.3 is 0 Å². The summed E-state index contributed by atoms with van der Waals surface area (Å²) in [5.74, 6) is 0.177. The van der Waals surface area contributed by atoms with Crippen molar-refractivity contribution in [2.75, 3.05) is 18.4 Å². The summed E-state index contributed by atoms with van der Waals surface area (Å²) in [7, 11) is 0. The number of carbonyl (C=O) groups excluding carboxylic acids is 2. The third-order valence-electron chi connectivity index (χ3n) is 7.03. The van der Waals surface area contributed by atoms with E-state index in [-0.39, 0.29) is 24.1 Å². The molecule has 3 aromatic rings. The van der Waals surface area contributed by atoms with Crippen molar-refractivity contribution in [3.05, 3.63) is 47.8 Å². The molecule has 1 aliphatic carbocycles. The lowest BCUT2D eigenvalue weighted by molar-refractivity contribution is -0.122. The van der Waals surface area contributed by atoms with E-state index in [4.69, 9.17) is 0 Å². The molecule has 1 fully saturated rings. The molecule has 11 heteroatoms. The van der Waals surface area contributed by atoms with E-state index in [0.29, 0.717) is 47.4 Å². The Morgan fingerprint density at radius 2 is 1.98 bits per heavy atom. The summed E-state index contributed by atoms with van der Waals surface area (Å²) in [6.45, 7) is 6.98. The number of fused-ring (bicyclic) bond motifs is 1. The summed E-state index contributed by atoms with van der Waals surface area (Å²) < 4.78 is 16.0. The first-order valence-electron chi connectivity index (χ1n) is 13.5. The molecular weight excluding hydrogens is 513 g/mol.